The zero-order chi connectivity index (χ0) is 8.97. The highest BCUT2D eigenvalue weighted by molar-refractivity contribution is 5.65. The van der Waals surface area contributed by atoms with Gasteiger partial charge in [0, 0.05) is 12.6 Å². The number of anilines is 1. The Morgan fingerprint density at radius 1 is 1.38 bits per heavy atom. The van der Waals surface area contributed by atoms with Crippen molar-refractivity contribution in [1.29, 1.82) is 0 Å². The molecule has 0 aliphatic carbocycles. The number of esters is 1. The molecular formula is C10H15NO2. The molecule has 3 heteroatoms. The van der Waals surface area contributed by atoms with Gasteiger partial charge in [-0.2, -0.15) is 0 Å². The monoisotopic (exact) mass is 181 g/mol. The second-order valence-electron chi connectivity index (χ2n) is 2.52. The summed E-state index contributed by atoms with van der Waals surface area (Å²) in [5, 5.41) is 0. The van der Waals surface area contributed by atoms with Crippen LogP contribution in [0.1, 0.15) is 19.9 Å². The third-order valence-corrected chi connectivity index (χ3v) is 1.42. The average molecular weight is 181 g/mol. The van der Waals surface area contributed by atoms with Crippen LogP contribution in [-0.4, -0.2) is 5.97 Å². The Hall–Kier alpha value is -1.51. The number of hydrogen-bond acceptors (Lipinski definition) is 3. The van der Waals surface area contributed by atoms with Gasteiger partial charge in [0.05, 0.1) is 0 Å². The van der Waals surface area contributed by atoms with Gasteiger partial charge in [-0.05, 0) is 17.7 Å². The summed E-state index contributed by atoms with van der Waals surface area (Å²) in [7, 11) is 0. The van der Waals surface area contributed by atoms with E-state index in [0.29, 0.717) is 12.3 Å². The first-order valence-electron chi connectivity index (χ1n) is 3.66. The molecule has 2 N–H and O–H groups in total. The lowest BCUT2D eigenvalue weighted by Gasteiger charge is -2.01. The second kappa shape index (κ2) is 5.19. The van der Waals surface area contributed by atoms with E-state index < -0.39 is 0 Å². The molecular weight excluding hydrogens is 166 g/mol. The lowest BCUT2D eigenvalue weighted by molar-refractivity contribution is -0.142. The van der Waals surface area contributed by atoms with Crippen molar-refractivity contribution in [2.24, 2.45) is 0 Å². The van der Waals surface area contributed by atoms with Crippen molar-refractivity contribution >= 4 is 11.7 Å². The quantitative estimate of drug-likeness (QED) is 0.560. The lowest BCUT2D eigenvalue weighted by atomic mass is 10.2. The molecule has 0 unspecified atom stereocenters. The van der Waals surface area contributed by atoms with E-state index in [9.17, 15) is 4.79 Å². The van der Waals surface area contributed by atoms with Gasteiger partial charge in [0.15, 0.2) is 0 Å². The van der Waals surface area contributed by atoms with E-state index in [4.69, 9.17) is 10.5 Å². The number of carbonyl (C=O) groups excluding carboxylic acids is 1. The molecule has 0 fully saturated rings. The maximum atomic E-state index is 10.4. The van der Waals surface area contributed by atoms with Crippen LogP contribution in [0.3, 0.4) is 0 Å². The summed E-state index contributed by atoms with van der Waals surface area (Å²) in [5.41, 5.74) is 7.13. The molecule has 0 spiro atoms. The van der Waals surface area contributed by atoms with E-state index in [1.165, 1.54) is 6.92 Å². The third kappa shape index (κ3) is 4.15. The number of nitrogens with two attached hydrogens (primary N) is 1. The van der Waals surface area contributed by atoms with Gasteiger partial charge in [-0.15, -0.1) is 0 Å². The van der Waals surface area contributed by atoms with Crippen molar-refractivity contribution in [2.75, 3.05) is 5.73 Å². The molecule has 0 aliphatic rings. The number of benzene rings is 1. The zero-order valence-electron chi connectivity index (χ0n) is 6.91. The summed E-state index contributed by atoms with van der Waals surface area (Å²) in [6.07, 6.45) is 0. The lowest BCUT2D eigenvalue weighted by Crippen LogP contribution is -1.98. The van der Waals surface area contributed by atoms with E-state index in [1.807, 2.05) is 12.1 Å². The van der Waals surface area contributed by atoms with Crippen molar-refractivity contribution < 1.29 is 9.53 Å². The van der Waals surface area contributed by atoms with E-state index in [2.05, 4.69) is 0 Å². The van der Waals surface area contributed by atoms with Gasteiger partial charge in [0.25, 0.3) is 0 Å². The minimum Gasteiger partial charge on any atom is -0.461 e. The van der Waals surface area contributed by atoms with Crippen LogP contribution in [0.15, 0.2) is 24.3 Å². The first kappa shape index (κ1) is 11.5. The number of hydrogen-bond donors (Lipinski definition) is 1. The van der Waals surface area contributed by atoms with Crippen LogP contribution >= 0.6 is 0 Å². The summed E-state index contributed by atoms with van der Waals surface area (Å²) in [4.78, 5) is 10.4. The summed E-state index contributed by atoms with van der Waals surface area (Å²) in [5.74, 6) is -0.271. The Labute approximate surface area is 78.5 Å². The Bertz CT molecular complexity index is 267. The molecule has 3 nitrogen and oxygen atoms in total. The molecule has 0 atom stereocenters. The fourth-order valence-electron chi connectivity index (χ4n) is 0.799. The van der Waals surface area contributed by atoms with Gasteiger partial charge in [-0.25, -0.2) is 0 Å². The van der Waals surface area contributed by atoms with Gasteiger partial charge in [-0.1, -0.05) is 19.6 Å². The van der Waals surface area contributed by atoms with Crippen LogP contribution < -0.4 is 5.73 Å². The molecule has 1 aromatic rings. The highest BCUT2D eigenvalue weighted by atomic mass is 16.5. The Balaban J connectivity index is 0.00000144. The first-order valence-corrected chi connectivity index (χ1v) is 3.66. The van der Waals surface area contributed by atoms with Crippen LogP contribution in [0.25, 0.3) is 0 Å². The molecule has 0 aliphatic heterocycles. The average Bonchev–Trinajstić information content (AvgIpc) is 2.03. The molecule has 1 rings (SSSR count). The standard InChI is InChI=1S/C9H11NO2.CH4/c1-7(11)12-6-8-2-4-9(10)5-3-8;/h2-5H,6,10H2,1H3;1H4. The summed E-state index contributed by atoms with van der Waals surface area (Å²) < 4.78 is 4.79. The maximum Gasteiger partial charge on any atom is 0.302 e. The van der Waals surface area contributed by atoms with Gasteiger partial charge in [0.1, 0.15) is 6.61 Å². The predicted molar refractivity (Wildman–Crippen MR) is 53.1 cm³/mol. The molecule has 0 amide bonds. The number of ether oxygens (including phenoxy) is 1. The highest BCUT2D eigenvalue weighted by Crippen LogP contribution is 2.06. The van der Waals surface area contributed by atoms with Crippen molar-refractivity contribution in [3.05, 3.63) is 29.8 Å². The highest BCUT2D eigenvalue weighted by Gasteiger charge is 1.94. The normalized spacial score (nSPS) is 8.69. The van der Waals surface area contributed by atoms with E-state index in [1.54, 1.807) is 12.1 Å². The van der Waals surface area contributed by atoms with Crippen LogP contribution in [-0.2, 0) is 16.1 Å². The first-order chi connectivity index (χ1) is 5.68. The topological polar surface area (TPSA) is 52.3 Å². The molecule has 0 aromatic heterocycles. The van der Waals surface area contributed by atoms with Gasteiger partial charge < -0.3 is 10.5 Å². The van der Waals surface area contributed by atoms with Crippen molar-refractivity contribution in [2.45, 2.75) is 21.0 Å². The van der Waals surface area contributed by atoms with Crippen LogP contribution in [0, 0.1) is 0 Å². The molecule has 0 saturated heterocycles. The number of rotatable bonds is 2. The fraction of sp³-hybridized carbons (Fsp3) is 0.300. The molecule has 0 radical (unpaired) electrons. The van der Waals surface area contributed by atoms with Crippen LogP contribution in [0.5, 0.6) is 0 Å². The number of carbonyl (C=O) groups is 1. The smallest absolute Gasteiger partial charge is 0.302 e. The Morgan fingerprint density at radius 2 is 1.92 bits per heavy atom. The second-order valence-corrected chi connectivity index (χ2v) is 2.52. The third-order valence-electron chi connectivity index (χ3n) is 1.42. The van der Waals surface area contributed by atoms with E-state index in [0.717, 1.165) is 5.56 Å². The van der Waals surface area contributed by atoms with Crippen molar-refractivity contribution in [3.63, 3.8) is 0 Å². The molecule has 0 saturated carbocycles. The minimum atomic E-state index is -0.271. The van der Waals surface area contributed by atoms with Gasteiger partial charge in [-0.3, -0.25) is 4.79 Å². The zero-order valence-corrected chi connectivity index (χ0v) is 6.91. The van der Waals surface area contributed by atoms with Crippen LogP contribution in [0.4, 0.5) is 5.69 Å². The molecule has 0 heterocycles. The molecule has 1 aromatic carbocycles. The van der Waals surface area contributed by atoms with Crippen molar-refractivity contribution in [1.82, 2.24) is 0 Å². The molecule has 72 valence electrons. The maximum absolute atomic E-state index is 10.4. The van der Waals surface area contributed by atoms with Gasteiger partial charge in [0.2, 0.25) is 0 Å². The molecule has 0 bridgehead atoms. The fourth-order valence-corrected chi connectivity index (χ4v) is 0.799. The van der Waals surface area contributed by atoms with E-state index >= 15 is 0 Å². The Morgan fingerprint density at radius 3 is 2.38 bits per heavy atom. The summed E-state index contributed by atoms with van der Waals surface area (Å²) in [6, 6.07) is 7.22. The number of nitrogen functional groups attached to an aromatic ring is 1. The Kier molecular flexibility index (Phi) is 4.59. The van der Waals surface area contributed by atoms with Crippen molar-refractivity contribution in [3.8, 4) is 0 Å². The summed E-state index contributed by atoms with van der Waals surface area (Å²) in [6.45, 7) is 1.70. The van der Waals surface area contributed by atoms with E-state index in [-0.39, 0.29) is 13.4 Å². The SMILES string of the molecule is C.CC(=O)OCc1ccc(N)cc1. The largest absolute Gasteiger partial charge is 0.461 e. The molecule has 13 heavy (non-hydrogen) atoms. The minimum absolute atomic E-state index is 0. The van der Waals surface area contributed by atoms with Crippen LogP contribution in [0.2, 0.25) is 0 Å². The van der Waals surface area contributed by atoms with Gasteiger partial charge >= 0.3 is 5.97 Å². The predicted octanol–water partition coefficient (Wildman–Crippen LogP) is 1.97. The summed E-state index contributed by atoms with van der Waals surface area (Å²) >= 11 is 0.